The Morgan fingerprint density at radius 2 is 1.75 bits per heavy atom. The first-order valence-corrected chi connectivity index (χ1v) is 8.42. The summed E-state index contributed by atoms with van der Waals surface area (Å²) in [4.78, 5) is 8.60. The Kier molecular flexibility index (Phi) is 4.26. The molecular weight excluding hydrogens is 369 g/mol. The van der Waals surface area contributed by atoms with Gasteiger partial charge in [-0.25, -0.2) is 9.67 Å². The van der Waals surface area contributed by atoms with Gasteiger partial charge in [-0.2, -0.15) is 18.3 Å². The van der Waals surface area contributed by atoms with Crippen molar-refractivity contribution in [3.63, 3.8) is 0 Å². The molecule has 3 heterocycles. The Balaban J connectivity index is 2.02. The SMILES string of the molecule is COc1ccc(-n2nc(C)c3c(C(F)(F)F)cc(-c4ccccn4)nc32)cc1. The lowest BCUT2D eigenvalue weighted by molar-refractivity contribution is -0.136. The number of nitrogens with zero attached hydrogens (tertiary/aromatic N) is 4. The Labute approximate surface area is 158 Å². The molecule has 0 saturated carbocycles. The first kappa shape index (κ1) is 18.0. The second-order valence-electron chi connectivity index (χ2n) is 6.16. The third-order valence-electron chi connectivity index (χ3n) is 4.36. The third kappa shape index (κ3) is 3.06. The van der Waals surface area contributed by atoms with Gasteiger partial charge in [0.1, 0.15) is 5.75 Å². The van der Waals surface area contributed by atoms with E-state index in [0.717, 1.165) is 6.07 Å². The van der Waals surface area contributed by atoms with Gasteiger partial charge in [-0.15, -0.1) is 0 Å². The van der Waals surface area contributed by atoms with Crippen molar-refractivity contribution in [3.8, 4) is 22.8 Å². The van der Waals surface area contributed by atoms with E-state index in [2.05, 4.69) is 15.1 Å². The van der Waals surface area contributed by atoms with Crippen LogP contribution in [0, 0.1) is 6.92 Å². The largest absolute Gasteiger partial charge is 0.497 e. The minimum Gasteiger partial charge on any atom is -0.497 e. The minimum absolute atomic E-state index is 0.0250. The summed E-state index contributed by atoms with van der Waals surface area (Å²) in [6.45, 7) is 1.54. The van der Waals surface area contributed by atoms with E-state index >= 15 is 0 Å². The van der Waals surface area contributed by atoms with Gasteiger partial charge in [0, 0.05) is 6.20 Å². The molecule has 0 aliphatic heterocycles. The number of hydrogen-bond donors (Lipinski definition) is 0. The highest BCUT2D eigenvalue weighted by atomic mass is 19.4. The molecule has 0 fully saturated rings. The topological polar surface area (TPSA) is 52.8 Å². The number of aromatic nitrogens is 4. The van der Waals surface area contributed by atoms with Crippen molar-refractivity contribution in [3.05, 3.63) is 66.0 Å². The van der Waals surface area contributed by atoms with Crippen LogP contribution in [0.3, 0.4) is 0 Å². The summed E-state index contributed by atoms with van der Waals surface area (Å²) in [5.41, 5.74) is 0.662. The van der Waals surface area contributed by atoms with E-state index in [0.29, 0.717) is 17.1 Å². The van der Waals surface area contributed by atoms with Crippen molar-refractivity contribution in [1.29, 1.82) is 0 Å². The zero-order chi connectivity index (χ0) is 19.9. The average Bonchev–Trinajstić information content (AvgIpc) is 3.04. The van der Waals surface area contributed by atoms with Crippen LogP contribution < -0.4 is 4.74 Å². The number of benzene rings is 1. The lowest BCUT2D eigenvalue weighted by Gasteiger charge is -2.11. The molecule has 8 heteroatoms. The van der Waals surface area contributed by atoms with Crippen LogP contribution >= 0.6 is 0 Å². The lowest BCUT2D eigenvalue weighted by atomic mass is 10.1. The summed E-state index contributed by atoms with van der Waals surface area (Å²) in [5.74, 6) is 0.634. The molecular formula is C20H15F3N4O. The van der Waals surface area contributed by atoms with E-state index in [1.165, 1.54) is 10.9 Å². The number of halogens is 3. The molecule has 0 aliphatic carbocycles. The summed E-state index contributed by atoms with van der Waals surface area (Å²) in [6, 6.07) is 12.9. The summed E-state index contributed by atoms with van der Waals surface area (Å²) < 4.78 is 48.0. The number of methoxy groups -OCH3 is 1. The fraction of sp³-hybridized carbons (Fsp3) is 0.150. The number of rotatable bonds is 3. The van der Waals surface area contributed by atoms with Crippen molar-refractivity contribution in [2.75, 3.05) is 7.11 Å². The van der Waals surface area contributed by atoms with Crippen LogP contribution in [0.15, 0.2) is 54.7 Å². The monoisotopic (exact) mass is 384 g/mol. The summed E-state index contributed by atoms with van der Waals surface area (Å²) in [7, 11) is 1.54. The molecule has 0 radical (unpaired) electrons. The first-order valence-electron chi connectivity index (χ1n) is 8.42. The molecule has 28 heavy (non-hydrogen) atoms. The Morgan fingerprint density at radius 3 is 2.36 bits per heavy atom. The molecule has 0 aliphatic rings. The maximum absolute atomic E-state index is 13.8. The van der Waals surface area contributed by atoms with E-state index < -0.39 is 11.7 Å². The van der Waals surface area contributed by atoms with Gasteiger partial charge in [0.15, 0.2) is 5.65 Å². The van der Waals surface area contributed by atoms with Crippen LogP contribution in [-0.4, -0.2) is 26.9 Å². The molecule has 3 aromatic heterocycles. The Bertz CT molecular complexity index is 1140. The Hall–Kier alpha value is -3.42. The second kappa shape index (κ2) is 6.63. The molecule has 0 unspecified atom stereocenters. The number of hydrogen-bond acceptors (Lipinski definition) is 4. The van der Waals surface area contributed by atoms with Crippen LogP contribution in [0.25, 0.3) is 28.1 Å². The highest BCUT2D eigenvalue weighted by Crippen LogP contribution is 2.38. The van der Waals surface area contributed by atoms with E-state index in [1.807, 2.05) is 0 Å². The number of aryl methyl sites for hydroxylation is 1. The van der Waals surface area contributed by atoms with Crippen molar-refractivity contribution >= 4 is 11.0 Å². The number of pyridine rings is 2. The first-order chi connectivity index (χ1) is 13.4. The lowest BCUT2D eigenvalue weighted by Crippen LogP contribution is -2.08. The maximum atomic E-state index is 13.8. The smallest absolute Gasteiger partial charge is 0.417 e. The molecule has 0 saturated heterocycles. The molecule has 0 bridgehead atoms. The molecule has 0 N–H and O–H groups in total. The van der Waals surface area contributed by atoms with Crippen LogP contribution in [0.5, 0.6) is 5.75 Å². The quantitative estimate of drug-likeness (QED) is 0.508. The van der Waals surface area contributed by atoms with Crippen LogP contribution in [0.2, 0.25) is 0 Å². The van der Waals surface area contributed by atoms with Crippen LogP contribution in [0.1, 0.15) is 11.3 Å². The van der Waals surface area contributed by atoms with Gasteiger partial charge in [0.2, 0.25) is 0 Å². The van der Waals surface area contributed by atoms with Gasteiger partial charge < -0.3 is 4.74 Å². The van der Waals surface area contributed by atoms with Crippen molar-refractivity contribution < 1.29 is 17.9 Å². The van der Waals surface area contributed by atoms with Crippen molar-refractivity contribution in [1.82, 2.24) is 19.7 Å². The molecule has 142 valence electrons. The standard InChI is InChI=1S/C20H15F3N4O/c1-12-18-15(20(21,22)23)11-17(16-5-3-4-10-24-16)25-19(18)27(26-12)13-6-8-14(28-2)9-7-13/h3-11H,1-2H3. The number of ether oxygens (including phenoxy) is 1. The summed E-state index contributed by atoms with van der Waals surface area (Å²) >= 11 is 0. The average molecular weight is 384 g/mol. The molecule has 4 rings (SSSR count). The molecule has 1 aromatic carbocycles. The maximum Gasteiger partial charge on any atom is 0.417 e. The van der Waals surface area contributed by atoms with E-state index in [1.54, 1.807) is 56.5 Å². The van der Waals surface area contributed by atoms with Gasteiger partial charge >= 0.3 is 6.18 Å². The van der Waals surface area contributed by atoms with Gasteiger partial charge in [-0.05, 0) is 49.4 Å². The molecule has 0 atom stereocenters. The van der Waals surface area contributed by atoms with Gasteiger partial charge in [-0.1, -0.05) is 6.07 Å². The predicted molar refractivity (Wildman–Crippen MR) is 98.4 cm³/mol. The van der Waals surface area contributed by atoms with Crippen LogP contribution in [0.4, 0.5) is 13.2 Å². The third-order valence-corrected chi connectivity index (χ3v) is 4.36. The van der Waals surface area contributed by atoms with Gasteiger partial charge in [0.05, 0.1) is 40.8 Å². The number of fused-ring (bicyclic) bond motifs is 1. The molecule has 5 nitrogen and oxygen atoms in total. The highest BCUT2D eigenvalue weighted by Gasteiger charge is 2.36. The van der Waals surface area contributed by atoms with Crippen molar-refractivity contribution in [2.45, 2.75) is 13.1 Å². The van der Waals surface area contributed by atoms with Crippen LogP contribution in [-0.2, 0) is 6.18 Å². The summed E-state index contributed by atoms with van der Waals surface area (Å²) in [5, 5.41) is 4.29. The molecule has 0 spiro atoms. The van der Waals surface area contributed by atoms with E-state index in [9.17, 15) is 13.2 Å². The summed E-state index contributed by atoms with van der Waals surface area (Å²) in [6.07, 6.45) is -3.04. The minimum atomic E-state index is -4.55. The molecule has 0 amide bonds. The fourth-order valence-corrected chi connectivity index (χ4v) is 3.06. The normalized spacial score (nSPS) is 11.8. The zero-order valence-electron chi connectivity index (χ0n) is 15.0. The van der Waals surface area contributed by atoms with E-state index in [4.69, 9.17) is 4.74 Å². The van der Waals surface area contributed by atoms with E-state index in [-0.39, 0.29) is 22.4 Å². The van der Waals surface area contributed by atoms with Crippen molar-refractivity contribution in [2.24, 2.45) is 0 Å². The number of alkyl halides is 3. The van der Waals surface area contributed by atoms with Gasteiger partial charge in [0.25, 0.3) is 0 Å². The fourth-order valence-electron chi connectivity index (χ4n) is 3.06. The van der Waals surface area contributed by atoms with Gasteiger partial charge in [-0.3, -0.25) is 4.98 Å². The predicted octanol–water partition coefficient (Wildman–Crippen LogP) is 4.82. The molecule has 4 aromatic rings. The zero-order valence-corrected chi connectivity index (χ0v) is 15.0. The second-order valence-corrected chi connectivity index (χ2v) is 6.16. The Morgan fingerprint density at radius 1 is 1.00 bits per heavy atom. The highest BCUT2D eigenvalue weighted by molar-refractivity contribution is 5.86.